The lowest BCUT2D eigenvalue weighted by atomic mass is 9.64. The molecule has 4 aromatic rings. The molecule has 1 aliphatic carbocycles. The summed E-state index contributed by atoms with van der Waals surface area (Å²) in [5, 5.41) is 7.34. The maximum Gasteiger partial charge on any atom is 0.339 e. The lowest BCUT2D eigenvalue weighted by Crippen LogP contribution is -2.59. The maximum absolute atomic E-state index is 13.8. The minimum absolute atomic E-state index is 0.100. The van der Waals surface area contributed by atoms with Crippen LogP contribution in [0.15, 0.2) is 72.8 Å². The minimum atomic E-state index is -0.295. The van der Waals surface area contributed by atoms with Crippen LogP contribution in [-0.4, -0.2) is 35.2 Å². The standard InChI is InChI=1S/C41H49NO4/c1-38(2)21-29(22-39(3,4)25-38)45-36(43)33-16-11-14-27-20-28(18-19-31(27)33)32-15-9-12-26-13-10-17-34(35(26)32)37(44)46-30-23-40(5,6)42-41(7,8)24-30/h9-20,29-30,42H,21-25H2,1-8H3. The first-order valence-electron chi connectivity index (χ1n) is 16.8. The summed E-state index contributed by atoms with van der Waals surface area (Å²) < 4.78 is 12.4. The van der Waals surface area contributed by atoms with Crippen molar-refractivity contribution < 1.29 is 19.1 Å². The van der Waals surface area contributed by atoms with Gasteiger partial charge in [-0.25, -0.2) is 9.59 Å². The molecule has 0 unspecified atom stereocenters. The molecule has 0 aromatic heterocycles. The monoisotopic (exact) mass is 619 g/mol. The van der Waals surface area contributed by atoms with E-state index in [0.717, 1.165) is 64.8 Å². The third-order valence-electron chi connectivity index (χ3n) is 9.75. The number of piperidine rings is 1. The number of ether oxygens (including phenoxy) is 2. The highest BCUT2D eigenvalue weighted by Crippen LogP contribution is 2.47. The fourth-order valence-corrected chi connectivity index (χ4v) is 8.95. The van der Waals surface area contributed by atoms with Crippen molar-refractivity contribution in [2.75, 3.05) is 0 Å². The van der Waals surface area contributed by atoms with Crippen molar-refractivity contribution in [3.8, 4) is 11.1 Å². The van der Waals surface area contributed by atoms with Crippen LogP contribution in [0.2, 0.25) is 0 Å². The first-order valence-corrected chi connectivity index (χ1v) is 16.8. The number of hydrogen-bond acceptors (Lipinski definition) is 5. The Labute approximate surface area is 274 Å². The first kappa shape index (κ1) is 32.2. The lowest BCUT2D eigenvalue weighted by Gasteiger charge is -2.45. The fourth-order valence-electron chi connectivity index (χ4n) is 8.95. The molecule has 2 aliphatic rings. The molecule has 0 atom stereocenters. The van der Waals surface area contributed by atoms with E-state index in [1.54, 1.807) is 0 Å². The Morgan fingerprint density at radius 1 is 0.630 bits per heavy atom. The molecule has 5 nitrogen and oxygen atoms in total. The van der Waals surface area contributed by atoms with Gasteiger partial charge in [-0.2, -0.15) is 0 Å². The molecule has 0 spiro atoms. The molecule has 1 aliphatic heterocycles. The third-order valence-corrected chi connectivity index (χ3v) is 9.75. The second-order valence-corrected chi connectivity index (χ2v) is 16.7. The van der Waals surface area contributed by atoms with Gasteiger partial charge in [-0.05, 0) is 103 Å². The summed E-state index contributed by atoms with van der Waals surface area (Å²) in [6.07, 6.45) is 4.10. The van der Waals surface area contributed by atoms with Crippen LogP contribution in [0.1, 0.15) is 108 Å². The van der Waals surface area contributed by atoms with Crippen molar-refractivity contribution in [2.24, 2.45) is 10.8 Å². The van der Waals surface area contributed by atoms with Crippen LogP contribution in [0.4, 0.5) is 0 Å². The molecule has 0 radical (unpaired) electrons. The third kappa shape index (κ3) is 6.85. The van der Waals surface area contributed by atoms with E-state index in [1.807, 2.05) is 60.7 Å². The highest BCUT2D eigenvalue weighted by Gasteiger charge is 2.41. The molecule has 1 saturated heterocycles. The van der Waals surface area contributed by atoms with Gasteiger partial charge in [0.2, 0.25) is 0 Å². The zero-order chi connectivity index (χ0) is 33.1. The topological polar surface area (TPSA) is 64.6 Å². The van der Waals surface area contributed by atoms with Crippen LogP contribution in [0.25, 0.3) is 32.7 Å². The number of carbonyl (C=O) groups is 2. The molecule has 1 heterocycles. The quantitative estimate of drug-likeness (QED) is 0.225. The van der Waals surface area contributed by atoms with Crippen LogP contribution in [-0.2, 0) is 9.47 Å². The average molecular weight is 620 g/mol. The molecule has 0 bridgehead atoms. The first-order chi connectivity index (χ1) is 21.5. The Kier molecular flexibility index (Phi) is 8.08. The summed E-state index contributed by atoms with van der Waals surface area (Å²) in [5.41, 5.74) is 3.09. The van der Waals surface area contributed by atoms with Crippen LogP contribution in [0, 0.1) is 10.8 Å². The highest BCUT2D eigenvalue weighted by molar-refractivity contribution is 6.12. The number of benzene rings is 4. The van der Waals surface area contributed by atoms with Crippen LogP contribution in [0.5, 0.6) is 0 Å². The number of esters is 2. The van der Waals surface area contributed by atoms with Gasteiger partial charge in [0.1, 0.15) is 12.2 Å². The zero-order valence-corrected chi connectivity index (χ0v) is 28.8. The Morgan fingerprint density at radius 2 is 1.15 bits per heavy atom. The number of carbonyl (C=O) groups excluding carboxylic acids is 2. The van der Waals surface area contributed by atoms with E-state index in [2.05, 4.69) is 72.8 Å². The molecular weight excluding hydrogens is 570 g/mol. The molecule has 5 heteroatoms. The highest BCUT2D eigenvalue weighted by atomic mass is 16.5. The fraction of sp³-hybridized carbons (Fsp3) is 0.463. The molecule has 46 heavy (non-hydrogen) atoms. The summed E-state index contributed by atoms with van der Waals surface area (Å²) in [7, 11) is 0. The molecule has 0 amide bonds. The second kappa shape index (κ2) is 11.5. The van der Waals surface area contributed by atoms with E-state index in [4.69, 9.17) is 9.47 Å². The predicted molar refractivity (Wildman–Crippen MR) is 187 cm³/mol. The number of rotatable bonds is 5. The van der Waals surface area contributed by atoms with Gasteiger partial charge in [0.05, 0.1) is 11.1 Å². The van der Waals surface area contributed by atoms with E-state index in [1.165, 1.54) is 0 Å². The maximum atomic E-state index is 13.8. The van der Waals surface area contributed by atoms with E-state index in [-0.39, 0.29) is 46.1 Å². The summed E-state index contributed by atoms with van der Waals surface area (Å²) >= 11 is 0. The van der Waals surface area contributed by atoms with Gasteiger partial charge >= 0.3 is 11.9 Å². The Hall–Kier alpha value is -3.70. The molecule has 1 N–H and O–H groups in total. The molecular formula is C41H49NO4. The van der Waals surface area contributed by atoms with Gasteiger partial charge in [0.15, 0.2) is 0 Å². The van der Waals surface area contributed by atoms with E-state index < -0.39 is 0 Å². The number of nitrogens with one attached hydrogen (secondary N) is 1. The van der Waals surface area contributed by atoms with Crippen LogP contribution in [0.3, 0.4) is 0 Å². The predicted octanol–water partition coefficient (Wildman–Crippen LogP) is 9.89. The van der Waals surface area contributed by atoms with Gasteiger partial charge < -0.3 is 14.8 Å². The van der Waals surface area contributed by atoms with Crippen molar-refractivity contribution in [3.05, 3.63) is 83.9 Å². The second-order valence-electron chi connectivity index (χ2n) is 16.7. The molecule has 242 valence electrons. The van der Waals surface area contributed by atoms with Gasteiger partial charge in [-0.1, -0.05) is 82.3 Å². The minimum Gasteiger partial charge on any atom is -0.459 e. The van der Waals surface area contributed by atoms with Crippen LogP contribution < -0.4 is 5.32 Å². The van der Waals surface area contributed by atoms with Crippen molar-refractivity contribution in [1.29, 1.82) is 0 Å². The molecule has 6 rings (SSSR count). The molecule has 1 saturated carbocycles. The number of hydrogen-bond donors (Lipinski definition) is 1. The zero-order valence-electron chi connectivity index (χ0n) is 28.8. The van der Waals surface area contributed by atoms with Crippen molar-refractivity contribution in [3.63, 3.8) is 0 Å². The van der Waals surface area contributed by atoms with E-state index >= 15 is 0 Å². The summed E-state index contributed by atoms with van der Waals surface area (Å²) in [5.74, 6) is -0.562. The van der Waals surface area contributed by atoms with Crippen molar-refractivity contribution in [1.82, 2.24) is 5.32 Å². The Balaban J connectivity index is 1.31. The summed E-state index contributed by atoms with van der Waals surface area (Å²) in [4.78, 5) is 27.4. The van der Waals surface area contributed by atoms with Crippen molar-refractivity contribution >= 4 is 33.5 Å². The SMILES string of the molecule is CC1(C)CC(OC(=O)c2cccc3cc(-c4cccc5cccc(C(=O)OC6CC(C)(C)NC(C)(C)C6)c45)ccc23)CC(C)(C)C1. The number of fused-ring (bicyclic) bond motifs is 2. The normalized spacial score (nSPS) is 20.8. The average Bonchev–Trinajstić information content (AvgIpc) is 2.92. The van der Waals surface area contributed by atoms with E-state index in [9.17, 15) is 9.59 Å². The van der Waals surface area contributed by atoms with Gasteiger partial charge in [0.25, 0.3) is 0 Å². The van der Waals surface area contributed by atoms with Crippen LogP contribution >= 0.6 is 0 Å². The van der Waals surface area contributed by atoms with Gasteiger partial charge in [-0.15, -0.1) is 0 Å². The van der Waals surface area contributed by atoms with Gasteiger partial charge in [-0.3, -0.25) is 0 Å². The van der Waals surface area contributed by atoms with E-state index in [0.29, 0.717) is 11.1 Å². The lowest BCUT2D eigenvalue weighted by molar-refractivity contribution is -0.0282. The molecule has 4 aromatic carbocycles. The molecule has 2 fully saturated rings. The smallest absolute Gasteiger partial charge is 0.339 e. The van der Waals surface area contributed by atoms with Crippen molar-refractivity contribution in [2.45, 2.75) is 111 Å². The summed E-state index contributed by atoms with van der Waals surface area (Å²) in [6, 6.07) is 23.9. The van der Waals surface area contributed by atoms with Gasteiger partial charge in [0, 0.05) is 29.3 Å². The Bertz CT molecular complexity index is 1780. The summed E-state index contributed by atoms with van der Waals surface area (Å²) in [6.45, 7) is 17.7. The largest absolute Gasteiger partial charge is 0.459 e. The Morgan fingerprint density at radius 3 is 1.78 bits per heavy atom.